The van der Waals surface area contributed by atoms with Crippen molar-refractivity contribution in [3.8, 4) is 0 Å². The lowest BCUT2D eigenvalue weighted by Crippen LogP contribution is -2.53. The minimum Gasteiger partial charge on any atom is -0.510 e. The molecular formula is C15H20O7. The molecule has 0 aromatic carbocycles. The Hall–Kier alpha value is -1.67. The third-order valence-corrected chi connectivity index (χ3v) is 3.62. The van der Waals surface area contributed by atoms with E-state index in [0.29, 0.717) is 5.57 Å². The highest BCUT2D eigenvalue weighted by molar-refractivity contribution is 5.83. The highest BCUT2D eigenvalue weighted by Gasteiger charge is 2.38. The standard InChI is InChI=1S/C15H20O7/c1-8-15(14(20)12(18)7-21-8)22-13(19)5-3-9-2-4-10(16)11(17)6-9/h2-3,5-6,8,10,12,14-18,20H,4,7H2,1H3/b5-3+/t8-,10?,12+,14-,15-/m1/s1. The normalized spacial score (nSPS) is 35.9. The predicted octanol–water partition coefficient (Wildman–Crippen LogP) is -0.272. The van der Waals surface area contributed by atoms with E-state index in [4.69, 9.17) is 9.47 Å². The number of hydrogen-bond acceptors (Lipinski definition) is 7. The zero-order valence-corrected chi connectivity index (χ0v) is 12.1. The number of ether oxygens (including phenoxy) is 2. The fraction of sp³-hybridized carbons (Fsp3) is 0.533. The average molecular weight is 312 g/mol. The van der Waals surface area contributed by atoms with E-state index < -0.39 is 36.5 Å². The molecule has 0 bridgehead atoms. The molecule has 7 nitrogen and oxygen atoms in total. The lowest BCUT2D eigenvalue weighted by molar-refractivity contribution is -0.201. The van der Waals surface area contributed by atoms with Crippen molar-refractivity contribution in [1.29, 1.82) is 0 Å². The van der Waals surface area contributed by atoms with Crippen molar-refractivity contribution < 1.29 is 34.7 Å². The van der Waals surface area contributed by atoms with Crippen molar-refractivity contribution in [2.75, 3.05) is 6.61 Å². The fourth-order valence-corrected chi connectivity index (χ4v) is 2.25. The van der Waals surface area contributed by atoms with Gasteiger partial charge in [0.25, 0.3) is 0 Å². The summed E-state index contributed by atoms with van der Waals surface area (Å²) in [6.07, 6.45) is 1.17. The van der Waals surface area contributed by atoms with E-state index in [2.05, 4.69) is 0 Å². The van der Waals surface area contributed by atoms with Crippen LogP contribution in [0.2, 0.25) is 0 Å². The Morgan fingerprint density at radius 3 is 2.82 bits per heavy atom. The van der Waals surface area contributed by atoms with E-state index in [-0.39, 0.29) is 18.8 Å². The van der Waals surface area contributed by atoms with Gasteiger partial charge in [-0.05, 0) is 31.1 Å². The lowest BCUT2D eigenvalue weighted by Gasteiger charge is -2.35. The second-order valence-corrected chi connectivity index (χ2v) is 5.36. The largest absolute Gasteiger partial charge is 0.510 e. The molecule has 1 unspecified atom stereocenters. The van der Waals surface area contributed by atoms with Crippen LogP contribution in [-0.2, 0) is 14.3 Å². The summed E-state index contributed by atoms with van der Waals surface area (Å²) >= 11 is 0. The van der Waals surface area contributed by atoms with Crippen LogP contribution >= 0.6 is 0 Å². The van der Waals surface area contributed by atoms with Crippen molar-refractivity contribution in [3.63, 3.8) is 0 Å². The molecule has 1 fully saturated rings. The van der Waals surface area contributed by atoms with Crippen LogP contribution < -0.4 is 0 Å². The van der Waals surface area contributed by atoms with Gasteiger partial charge in [0.05, 0.1) is 12.7 Å². The van der Waals surface area contributed by atoms with Gasteiger partial charge in [0.1, 0.15) is 24.1 Å². The SMILES string of the molecule is C[C@H]1OC[C@H](O)[C@@H](O)[C@@H]1OC(=O)/C=C/C1=CCC(O)C(O)=C1. The number of carbonyl (C=O) groups is 1. The first-order valence-electron chi connectivity index (χ1n) is 7.03. The summed E-state index contributed by atoms with van der Waals surface area (Å²) < 4.78 is 10.3. The summed E-state index contributed by atoms with van der Waals surface area (Å²) in [4.78, 5) is 11.8. The van der Waals surface area contributed by atoms with Crippen LogP contribution in [0, 0.1) is 0 Å². The van der Waals surface area contributed by atoms with Crippen LogP contribution in [-0.4, -0.2) is 63.5 Å². The number of carbonyl (C=O) groups excluding carboxylic acids is 1. The maximum absolute atomic E-state index is 11.8. The number of aliphatic hydroxyl groups excluding tert-OH is 4. The molecule has 0 aromatic rings. The molecule has 1 saturated heterocycles. The van der Waals surface area contributed by atoms with Crippen LogP contribution in [0.4, 0.5) is 0 Å². The van der Waals surface area contributed by atoms with Crippen LogP contribution in [0.1, 0.15) is 13.3 Å². The Morgan fingerprint density at radius 1 is 1.41 bits per heavy atom. The molecule has 1 aliphatic carbocycles. The molecule has 2 rings (SSSR count). The van der Waals surface area contributed by atoms with E-state index in [1.165, 1.54) is 12.2 Å². The molecule has 1 heterocycles. The van der Waals surface area contributed by atoms with Crippen LogP contribution in [0.5, 0.6) is 0 Å². The average Bonchev–Trinajstić information content (AvgIpc) is 2.49. The quantitative estimate of drug-likeness (QED) is 0.418. The van der Waals surface area contributed by atoms with Crippen molar-refractivity contribution in [3.05, 3.63) is 35.6 Å². The monoisotopic (exact) mass is 312 g/mol. The van der Waals surface area contributed by atoms with E-state index in [1.807, 2.05) is 0 Å². The Kier molecular flexibility index (Phi) is 5.36. The molecule has 4 N–H and O–H groups in total. The molecule has 0 aromatic heterocycles. The molecule has 0 spiro atoms. The first kappa shape index (κ1) is 16.7. The van der Waals surface area contributed by atoms with Crippen molar-refractivity contribution in [2.45, 2.75) is 43.9 Å². The molecular weight excluding hydrogens is 292 g/mol. The van der Waals surface area contributed by atoms with Gasteiger partial charge < -0.3 is 29.9 Å². The first-order chi connectivity index (χ1) is 10.4. The summed E-state index contributed by atoms with van der Waals surface area (Å²) in [5.41, 5.74) is 0.563. The number of esters is 1. The highest BCUT2D eigenvalue weighted by atomic mass is 16.6. The lowest BCUT2D eigenvalue weighted by atomic mass is 10.0. The molecule has 5 atom stereocenters. The molecule has 7 heteroatoms. The van der Waals surface area contributed by atoms with Gasteiger partial charge in [-0.2, -0.15) is 0 Å². The summed E-state index contributed by atoms with van der Waals surface area (Å²) in [5.74, 6) is -0.864. The third-order valence-electron chi connectivity index (χ3n) is 3.62. The van der Waals surface area contributed by atoms with E-state index in [9.17, 15) is 25.2 Å². The van der Waals surface area contributed by atoms with Gasteiger partial charge >= 0.3 is 5.97 Å². The minimum atomic E-state index is -1.20. The van der Waals surface area contributed by atoms with E-state index in [0.717, 1.165) is 6.08 Å². The zero-order chi connectivity index (χ0) is 16.3. The van der Waals surface area contributed by atoms with Crippen molar-refractivity contribution >= 4 is 5.97 Å². The Bertz CT molecular complexity index is 508. The molecule has 22 heavy (non-hydrogen) atoms. The molecule has 122 valence electrons. The van der Waals surface area contributed by atoms with Gasteiger partial charge in [-0.15, -0.1) is 0 Å². The van der Waals surface area contributed by atoms with Crippen LogP contribution in [0.15, 0.2) is 35.6 Å². The second-order valence-electron chi connectivity index (χ2n) is 5.36. The first-order valence-corrected chi connectivity index (χ1v) is 7.03. The van der Waals surface area contributed by atoms with Crippen LogP contribution in [0.25, 0.3) is 0 Å². The van der Waals surface area contributed by atoms with Gasteiger partial charge in [-0.25, -0.2) is 4.79 Å². The van der Waals surface area contributed by atoms with Crippen molar-refractivity contribution in [1.82, 2.24) is 0 Å². The molecule has 0 amide bonds. The number of aliphatic hydroxyl groups is 4. The maximum atomic E-state index is 11.8. The number of hydrogen-bond donors (Lipinski definition) is 4. The van der Waals surface area contributed by atoms with E-state index >= 15 is 0 Å². The van der Waals surface area contributed by atoms with Crippen molar-refractivity contribution in [2.24, 2.45) is 0 Å². The van der Waals surface area contributed by atoms with Gasteiger partial charge in [0, 0.05) is 6.08 Å². The molecule has 2 aliphatic rings. The minimum absolute atomic E-state index is 0.00843. The van der Waals surface area contributed by atoms with Gasteiger partial charge in [0.15, 0.2) is 6.10 Å². The smallest absolute Gasteiger partial charge is 0.331 e. The maximum Gasteiger partial charge on any atom is 0.331 e. The summed E-state index contributed by atoms with van der Waals surface area (Å²) in [5, 5.41) is 38.1. The molecule has 0 radical (unpaired) electrons. The molecule has 1 aliphatic heterocycles. The molecule has 0 saturated carbocycles. The Morgan fingerprint density at radius 2 is 2.14 bits per heavy atom. The number of rotatable bonds is 3. The van der Waals surface area contributed by atoms with Gasteiger partial charge in [0.2, 0.25) is 0 Å². The summed E-state index contributed by atoms with van der Waals surface area (Å²) in [6, 6.07) is 0. The second kappa shape index (κ2) is 7.06. The number of allylic oxidation sites excluding steroid dienone is 3. The highest BCUT2D eigenvalue weighted by Crippen LogP contribution is 2.19. The summed E-state index contributed by atoms with van der Waals surface area (Å²) in [6.45, 7) is 1.63. The zero-order valence-electron chi connectivity index (χ0n) is 12.1. The topological polar surface area (TPSA) is 116 Å². The summed E-state index contributed by atoms with van der Waals surface area (Å²) in [7, 11) is 0. The Labute approximate surface area is 127 Å². The fourth-order valence-electron chi connectivity index (χ4n) is 2.25. The predicted molar refractivity (Wildman–Crippen MR) is 75.9 cm³/mol. The third kappa shape index (κ3) is 3.95. The Balaban J connectivity index is 1.94. The van der Waals surface area contributed by atoms with Gasteiger partial charge in [-0.1, -0.05) is 6.08 Å². The van der Waals surface area contributed by atoms with Crippen LogP contribution in [0.3, 0.4) is 0 Å². The van der Waals surface area contributed by atoms with Gasteiger partial charge in [-0.3, -0.25) is 0 Å². The van der Waals surface area contributed by atoms with E-state index in [1.54, 1.807) is 13.0 Å².